The molecule has 1 aliphatic rings. The minimum atomic E-state index is -0.813. The van der Waals surface area contributed by atoms with Gasteiger partial charge < -0.3 is 10.2 Å². The molecule has 0 radical (unpaired) electrons. The van der Waals surface area contributed by atoms with Crippen LogP contribution in [0.1, 0.15) is 24.9 Å². The van der Waals surface area contributed by atoms with E-state index in [1.807, 2.05) is 37.3 Å². The summed E-state index contributed by atoms with van der Waals surface area (Å²) in [4.78, 5) is 25.8. The zero-order valence-electron chi connectivity index (χ0n) is 13.7. The Balaban J connectivity index is 1.68. The van der Waals surface area contributed by atoms with E-state index >= 15 is 0 Å². The Labute approximate surface area is 144 Å². The van der Waals surface area contributed by atoms with Gasteiger partial charge in [-0.1, -0.05) is 30.3 Å². The van der Waals surface area contributed by atoms with Crippen molar-refractivity contribution < 1.29 is 18.4 Å². The van der Waals surface area contributed by atoms with Gasteiger partial charge in [0.2, 0.25) is 11.8 Å². The highest BCUT2D eigenvalue weighted by Crippen LogP contribution is 2.28. The van der Waals surface area contributed by atoms with Gasteiger partial charge in [-0.2, -0.15) is 0 Å². The number of rotatable bonds is 4. The fraction of sp³-hybridized carbons (Fsp3) is 0.263. The molecule has 0 spiro atoms. The molecule has 0 saturated carbocycles. The first kappa shape index (κ1) is 17.1. The zero-order valence-corrected chi connectivity index (χ0v) is 13.7. The van der Waals surface area contributed by atoms with Crippen LogP contribution < -0.4 is 10.2 Å². The maximum absolute atomic E-state index is 13.9. The lowest BCUT2D eigenvalue weighted by Gasteiger charge is -2.19. The molecule has 6 heteroatoms. The summed E-state index contributed by atoms with van der Waals surface area (Å²) in [6.07, 6.45) is 0.00413. The normalized spacial score (nSPS) is 18.3. The molecule has 4 nitrogen and oxygen atoms in total. The molecule has 2 unspecified atom stereocenters. The fourth-order valence-corrected chi connectivity index (χ4v) is 2.97. The SMILES string of the molecule is CC(NC(=O)C1CC(=O)N(c2ccc(F)cc2F)C1)c1ccccc1. The van der Waals surface area contributed by atoms with E-state index in [0.29, 0.717) is 0 Å². The lowest BCUT2D eigenvalue weighted by molar-refractivity contribution is -0.126. The largest absolute Gasteiger partial charge is 0.349 e. The third-order valence-electron chi connectivity index (χ3n) is 4.35. The molecule has 2 aromatic carbocycles. The minimum absolute atomic E-state index is 0.00203. The van der Waals surface area contributed by atoms with Crippen LogP contribution in [0.25, 0.3) is 0 Å². The molecule has 3 rings (SSSR count). The summed E-state index contributed by atoms with van der Waals surface area (Å²) in [5.41, 5.74) is 0.958. The number of halogens is 2. The molecule has 2 aromatic rings. The molecular weight excluding hydrogens is 326 g/mol. The summed E-state index contributed by atoms with van der Waals surface area (Å²) in [6, 6.07) is 12.3. The van der Waals surface area contributed by atoms with Crippen molar-refractivity contribution in [1.82, 2.24) is 5.32 Å². The number of nitrogens with one attached hydrogen (secondary N) is 1. The van der Waals surface area contributed by atoms with E-state index in [-0.39, 0.29) is 36.5 Å². The number of carbonyl (C=O) groups is 2. The Morgan fingerprint density at radius 2 is 1.92 bits per heavy atom. The van der Waals surface area contributed by atoms with Crippen molar-refractivity contribution in [3.63, 3.8) is 0 Å². The molecular formula is C19H18F2N2O2. The number of hydrogen-bond acceptors (Lipinski definition) is 2. The van der Waals surface area contributed by atoms with Crippen molar-refractivity contribution >= 4 is 17.5 Å². The van der Waals surface area contributed by atoms with Gasteiger partial charge in [0, 0.05) is 19.0 Å². The van der Waals surface area contributed by atoms with Gasteiger partial charge in [-0.15, -0.1) is 0 Å². The van der Waals surface area contributed by atoms with Crippen LogP contribution in [0.15, 0.2) is 48.5 Å². The average molecular weight is 344 g/mol. The van der Waals surface area contributed by atoms with Gasteiger partial charge in [0.1, 0.15) is 11.6 Å². The molecule has 0 aromatic heterocycles. The summed E-state index contributed by atoms with van der Waals surface area (Å²) in [5, 5.41) is 2.88. The van der Waals surface area contributed by atoms with Gasteiger partial charge in [0.25, 0.3) is 0 Å². The number of nitrogens with zero attached hydrogens (tertiary/aromatic N) is 1. The van der Waals surface area contributed by atoms with Crippen LogP contribution in [-0.4, -0.2) is 18.4 Å². The molecule has 1 fully saturated rings. The molecule has 2 amide bonds. The Kier molecular flexibility index (Phi) is 4.79. The summed E-state index contributed by atoms with van der Waals surface area (Å²) in [6.45, 7) is 1.94. The quantitative estimate of drug-likeness (QED) is 0.926. The van der Waals surface area contributed by atoms with Crippen molar-refractivity contribution in [3.05, 3.63) is 65.7 Å². The summed E-state index contributed by atoms with van der Waals surface area (Å²) in [5.74, 6) is -2.69. The van der Waals surface area contributed by atoms with Crippen molar-refractivity contribution in [1.29, 1.82) is 0 Å². The first-order valence-corrected chi connectivity index (χ1v) is 8.06. The van der Waals surface area contributed by atoms with Crippen LogP contribution in [0.5, 0.6) is 0 Å². The maximum atomic E-state index is 13.9. The van der Waals surface area contributed by atoms with Crippen LogP contribution in [0.3, 0.4) is 0 Å². The molecule has 2 atom stereocenters. The topological polar surface area (TPSA) is 49.4 Å². The number of benzene rings is 2. The molecule has 1 aliphatic heterocycles. The lowest BCUT2D eigenvalue weighted by Crippen LogP contribution is -2.34. The Morgan fingerprint density at radius 1 is 1.20 bits per heavy atom. The van der Waals surface area contributed by atoms with Gasteiger partial charge in [0.15, 0.2) is 0 Å². The van der Waals surface area contributed by atoms with Crippen LogP contribution >= 0.6 is 0 Å². The number of carbonyl (C=O) groups excluding carboxylic acids is 2. The minimum Gasteiger partial charge on any atom is -0.349 e. The third kappa shape index (κ3) is 3.68. The second-order valence-corrected chi connectivity index (χ2v) is 6.14. The van der Waals surface area contributed by atoms with Crippen molar-refractivity contribution in [3.8, 4) is 0 Å². The van der Waals surface area contributed by atoms with Crippen molar-refractivity contribution in [2.24, 2.45) is 5.92 Å². The standard InChI is InChI=1S/C19H18F2N2O2/c1-12(13-5-3-2-4-6-13)22-19(25)14-9-18(24)23(11-14)17-8-7-15(20)10-16(17)21/h2-8,10,12,14H,9,11H2,1H3,(H,22,25). The van der Waals surface area contributed by atoms with E-state index in [1.165, 1.54) is 11.0 Å². The second kappa shape index (κ2) is 7.01. The molecule has 1 saturated heterocycles. The average Bonchev–Trinajstić information content (AvgIpc) is 2.97. The van der Waals surface area contributed by atoms with Crippen LogP contribution in [0.2, 0.25) is 0 Å². The maximum Gasteiger partial charge on any atom is 0.227 e. The highest BCUT2D eigenvalue weighted by Gasteiger charge is 2.36. The molecule has 1 N–H and O–H groups in total. The first-order valence-electron chi connectivity index (χ1n) is 8.06. The molecule has 1 heterocycles. The second-order valence-electron chi connectivity index (χ2n) is 6.14. The van der Waals surface area contributed by atoms with E-state index in [1.54, 1.807) is 0 Å². The third-order valence-corrected chi connectivity index (χ3v) is 4.35. The smallest absolute Gasteiger partial charge is 0.227 e. The van der Waals surface area contributed by atoms with Gasteiger partial charge in [-0.05, 0) is 24.6 Å². The van der Waals surface area contributed by atoms with Gasteiger partial charge in [-0.3, -0.25) is 9.59 Å². The van der Waals surface area contributed by atoms with Crippen LogP contribution in [0.4, 0.5) is 14.5 Å². The van der Waals surface area contributed by atoms with E-state index in [0.717, 1.165) is 17.7 Å². The van der Waals surface area contributed by atoms with Crippen LogP contribution in [-0.2, 0) is 9.59 Å². The van der Waals surface area contributed by atoms with E-state index in [9.17, 15) is 18.4 Å². The molecule has 25 heavy (non-hydrogen) atoms. The van der Waals surface area contributed by atoms with Crippen molar-refractivity contribution in [2.75, 3.05) is 11.4 Å². The van der Waals surface area contributed by atoms with Crippen LogP contribution in [0, 0.1) is 17.6 Å². The lowest BCUT2D eigenvalue weighted by atomic mass is 10.1. The van der Waals surface area contributed by atoms with Gasteiger partial charge in [0.05, 0.1) is 17.6 Å². The first-order chi connectivity index (χ1) is 12.0. The number of hydrogen-bond donors (Lipinski definition) is 1. The van der Waals surface area contributed by atoms with E-state index < -0.39 is 17.6 Å². The molecule has 130 valence electrons. The predicted octanol–water partition coefficient (Wildman–Crippen LogP) is 3.20. The fourth-order valence-electron chi connectivity index (χ4n) is 2.97. The van der Waals surface area contributed by atoms with Crippen molar-refractivity contribution in [2.45, 2.75) is 19.4 Å². The monoisotopic (exact) mass is 344 g/mol. The van der Waals surface area contributed by atoms with Gasteiger partial charge >= 0.3 is 0 Å². The summed E-state index contributed by atoms with van der Waals surface area (Å²) < 4.78 is 26.9. The number of amides is 2. The highest BCUT2D eigenvalue weighted by atomic mass is 19.1. The Bertz CT molecular complexity index is 795. The number of anilines is 1. The molecule has 0 bridgehead atoms. The Hall–Kier alpha value is -2.76. The molecule has 0 aliphatic carbocycles. The van der Waals surface area contributed by atoms with E-state index in [4.69, 9.17) is 0 Å². The Morgan fingerprint density at radius 3 is 2.60 bits per heavy atom. The predicted molar refractivity (Wildman–Crippen MR) is 89.8 cm³/mol. The van der Waals surface area contributed by atoms with Gasteiger partial charge in [-0.25, -0.2) is 8.78 Å². The zero-order chi connectivity index (χ0) is 18.0. The summed E-state index contributed by atoms with van der Waals surface area (Å²) >= 11 is 0. The van der Waals surface area contributed by atoms with E-state index in [2.05, 4.69) is 5.32 Å². The highest BCUT2D eigenvalue weighted by molar-refractivity contribution is 6.00. The summed E-state index contributed by atoms with van der Waals surface area (Å²) in [7, 11) is 0.